The van der Waals surface area contributed by atoms with Crippen LogP contribution in [-0.2, 0) is 14.3 Å². The van der Waals surface area contributed by atoms with Gasteiger partial charge >= 0.3 is 0 Å². The molecule has 6 aliphatic rings. The van der Waals surface area contributed by atoms with Crippen molar-refractivity contribution in [3.63, 3.8) is 0 Å². The quantitative estimate of drug-likeness (QED) is 0.696. The number of aliphatic hydroxyl groups excluding tert-OH is 1. The Morgan fingerprint density at radius 3 is 2.64 bits per heavy atom. The molecule has 5 nitrogen and oxygen atoms in total. The summed E-state index contributed by atoms with van der Waals surface area (Å²) >= 11 is 0. The van der Waals surface area contributed by atoms with E-state index in [2.05, 4.69) is 13.8 Å². The van der Waals surface area contributed by atoms with Crippen molar-refractivity contribution < 1.29 is 24.5 Å². The van der Waals surface area contributed by atoms with Gasteiger partial charge in [-0.25, -0.2) is 0 Å². The highest BCUT2D eigenvalue weighted by molar-refractivity contribution is 5.95. The Labute approximate surface area is 148 Å². The molecule has 2 aliphatic heterocycles. The largest absolute Gasteiger partial charge is 0.387 e. The van der Waals surface area contributed by atoms with Crippen molar-refractivity contribution in [1.82, 2.24) is 0 Å². The monoisotopic (exact) mass is 348 g/mol. The molecule has 2 N–H and O–H groups in total. The van der Waals surface area contributed by atoms with E-state index in [1.165, 1.54) is 0 Å². The van der Waals surface area contributed by atoms with Gasteiger partial charge < -0.3 is 14.9 Å². The van der Waals surface area contributed by atoms with E-state index >= 15 is 0 Å². The van der Waals surface area contributed by atoms with Gasteiger partial charge in [-0.15, -0.1) is 0 Å². The van der Waals surface area contributed by atoms with Gasteiger partial charge in [0.25, 0.3) is 0 Å². The number of Topliss-reactive ketones (excluding diaryl/α,β-unsaturated/α-hetero) is 2. The molecule has 8 atom stereocenters. The number of ether oxygens (including phenoxy) is 1. The lowest BCUT2D eigenvalue weighted by atomic mass is 9.36. The molecule has 0 amide bonds. The molecule has 6 fully saturated rings. The van der Waals surface area contributed by atoms with E-state index in [0.29, 0.717) is 19.3 Å². The predicted molar refractivity (Wildman–Crippen MR) is 88.3 cm³/mol. The lowest BCUT2D eigenvalue weighted by Gasteiger charge is -2.72. The first-order valence-corrected chi connectivity index (χ1v) is 9.75. The third-order valence-corrected chi connectivity index (χ3v) is 8.99. The van der Waals surface area contributed by atoms with Gasteiger partial charge in [-0.3, -0.25) is 9.59 Å². The van der Waals surface area contributed by atoms with Gasteiger partial charge in [0.2, 0.25) is 5.79 Å². The van der Waals surface area contributed by atoms with Crippen LogP contribution in [0.3, 0.4) is 0 Å². The first-order valence-electron chi connectivity index (χ1n) is 9.75. The smallest absolute Gasteiger partial charge is 0.205 e. The summed E-state index contributed by atoms with van der Waals surface area (Å²) in [6, 6.07) is 0. The van der Waals surface area contributed by atoms with Gasteiger partial charge in [-0.1, -0.05) is 20.8 Å². The SMILES string of the molecule is C[C@H]1C(=O)[C@]23C[C@H]1CC[C@H]2[C@@]12CO[C@@]3(O)[C@@H](O)[C@@H]1C(C)(C)CCC2=O. The lowest BCUT2D eigenvalue weighted by Crippen LogP contribution is -2.83. The van der Waals surface area contributed by atoms with Crippen LogP contribution in [0, 0.1) is 39.9 Å². The van der Waals surface area contributed by atoms with Crippen molar-refractivity contribution >= 4 is 11.6 Å². The number of hydrogen-bond acceptors (Lipinski definition) is 5. The summed E-state index contributed by atoms with van der Waals surface area (Å²) in [5.41, 5.74) is -2.19. The molecular formula is C20H28O5. The van der Waals surface area contributed by atoms with Crippen LogP contribution < -0.4 is 0 Å². The van der Waals surface area contributed by atoms with Crippen LogP contribution in [-0.4, -0.2) is 40.3 Å². The molecule has 0 aromatic carbocycles. The van der Waals surface area contributed by atoms with Gasteiger partial charge in [0.15, 0.2) is 0 Å². The van der Waals surface area contributed by atoms with E-state index in [-0.39, 0.29) is 47.3 Å². The van der Waals surface area contributed by atoms with Crippen LogP contribution in [0.1, 0.15) is 52.9 Å². The second kappa shape index (κ2) is 4.37. The normalized spacial score (nSPS) is 58.8. The molecule has 4 aliphatic carbocycles. The number of fused-ring (bicyclic) bond motifs is 2. The number of aliphatic hydroxyl groups is 2. The fourth-order valence-corrected chi connectivity index (χ4v) is 7.89. The Bertz CT molecular complexity index is 686. The minimum Gasteiger partial charge on any atom is -0.387 e. The maximum absolute atomic E-state index is 13.4. The fourth-order valence-electron chi connectivity index (χ4n) is 7.89. The van der Waals surface area contributed by atoms with Crippen LogP contribution in [0.25, 0.3) is 0 Å². The molecule has 25 heavy (non-hydrogen) atoms. The van der Waals surface area contributed by atoms with Crippen LogP contribution in [0.4, 0.5) is 0 Å². The van der Waals surface area contributed by atoms with Crippen molar-refractivity contribution in [1.29, 1.82) is 0 Å². The molecule has 0 unspecified atom stereocenters. The van der Waals surface area contributed by atoms with E-state index in [9.17, 15) is 19.8 Å². The predicted octanol–water partition coefficient (Wildman–Crippen LogP) is 1.69. The summed E-state index contributed by atoms with van der Waals surface area (Å²) in [6.45, 7) is 6.24. The molecule has 2 heterocycles. The average Bonchev–Trinajstić information content (AvgIpc) is 2.75. The Kier molecular flexibility index (Phi) is 2.87. The first-order chi connectivity index (χ1) is 11.6. The van der Waals surface area contributed by atoms with E-state index in [0.717, 1.165) is 12.8 Å². The third kappa shape index (κ3) is 1.44. The molecule has 0 aromatic heterocycles. The third-order valence-electron chi connectivity index (χ3n) is 8.99. The minimum absolute atomic E-state index is 0.00949. The highest BCUT2D eigenvalue weighted by Crippen LogP contribution is 2.75. The molecule has 2 spiro atoms. The number of carbonyl (C=O) groups excluding carboxylic acids is 2. The maximum Gasteiger partial charge on any atom is 0.205 e. The Hall–Kier alpha value is -0.780. The molecule has 138 valence electrons. The summed E-state index contributed by atoms with van der Waals surface area (Å²) in [5.74, 6) is -2.17. The molecule has 2 saturated heterocycles. The number of carbonyl (C=O) groups is 2. The number of rotatable bonds is 0. The fraction of sp³-hybridized carbons (Fsp3) is 0.900. The van der Waals surface area contributed by atoms with E-state index in [1.807, 2.05) is 6.92 Å². The zero-order valence-corrected chi connectivity index (χ0v) is 15.2. The highest BCUT2D eigenvalue weighted by atomic mass is 16.6. The van der Waals surface area contributed by atoms with Gasteiger partial charge in [0.1, 0.15) is 17.7 Å². The summed E-state index contributed by atoms with van der Waals surface area (Å²) in [5, 5.41) is 22.9. The van der Waals surface area contributed by atoms with Crippen molar-refractivity contribution in [3.05, 3.63) is 0 Å². The second-order valence-corrected chi connectivity index (χ2v) is 10.1. The molecular weight excluding hydrogens is 320 g/mol. The van der Waals surface area contributed by atoms with Gasteiger partial charge in [0.05, 0.1) is 17.4 Å². The van der Waals surface area contributed by atoms with Crippen LogP contribution >= 0.6 is 0 Å². The summed E-state index contributed by atoms with van der Waals surface area (Å²) in [6.07, 6.45) is 2.23. The molecule has 4 saturated carbocycles. The lowest BCUT2D eigenvalue weighted by molar-refractivity contribution is -0.426. The van der Waals surface area contributed by atoms with Crippen LogP contribution in [0.15, 0.2) is 0 Å². The van der Waals surface area contributed by atoms with Crippen molar-refractivity contribution in [2.24, 2.45) is 39.9 Å². The van der Waals surface area contributed by atoms with Gasteiger partial charge in [-0.05, 0) is 42.9 Å². The topological polar surface area (TPSA) is 83.8 Å². The molecule has 0 aromatic rings. The van der Waals surface area contributed by atoms with E-state index in [1.54, 1.807) is 0 Å². The molecule has 5 heteroatoms. The maximum atomic E-state index is 13.4. The number of ketones is 2. The summed E-state index contributed by atoms with van der Waals surface area (Å²) in [7, 11) is 0. The Morgan fingerprint density at radius 2 is 1.92 bits per heavy atom. The zero-order chi connectivity index (χ0) is 18.0. The Morgan fingerprint density at radius 1 is 1.20 bits per heavy atom. The number of hydrogen-bond donors (Lipinski definition) is 2. The van der Waals surface area contributed by atoms with Crippen molar-refractivity contribution in [2.45, 2.75) is 64.8 Å². The highest BCUT2D eigenvalue weighted by Gasteiger charge is 2.84. The Balaban J connectivity index is 1.79. The average molecular weight is 348 g/mol. The summed E-state index contributed by atoms with van der Waals surface area (Å²) < 4.78 is 5.87. The molecule has 0 radical (unpaired) electrons. The van der Waals surface area contributed by atoms with Gasteiger partial charge in [0, 0.05) is 18.3 Å². The van der Waals surface area contributed by atoms with Crippen LogP contribution in [0.5, 0.6) is 0 Å². The van der Waals surface area contributed by atoms with Crippen molar-refractivity contribution in [3.8, 4) is 0 Å². The summed E-state index contributed by atoms with van der Waals surface area (Å²) in [4.78, 5) is 26.6. The second-order valence-electron chi connectivity index (χ2n) is 10.1. The van der Waals surface area contributed by atoms with Gasteiger partial charge in [-0.2, -0.15) is 0 Å². The van der Waals surface area contributed by atoms with E-state index in [4.69, 9.17) is 4.74 Å². The zero-order valence-electron chi connectivity index (χ0n) is 15.2. The minimum atomic E-state index is -1.85. The molecule has 4 bridgehead atoms. The first kappa shape index (κ1) is 16.4. The van der Waals surface area contributed by atoms with E-state index < -0.39 is 22.7 Å². The molecule has 6 rings (SSSR count). The van der Waals surface area contributed by atoms with Crippen LogP contribution in [0.2, 0.25) is 0 Å². The van der Waals surface area contributed by atoms with Crippen molar-refractivity contribution in [2.75, 3.05) is 6.61 Å². The standard InChI is InChI=1S/C20H28O5/c1-10-11-4-5-12-18-9-25-20(24,19(12,8-11)15(10)22)16(23)14(18)17(2,3)7-6-13(18)21/h10-12,14,16,23-24H,4-9H2,1-3H3/t10-,11-,12+,14-,16+,18-,19+,20+/m1/s1.